The van der Waals surface area contributed by atoms with E-state index >= 15 is 0 Å². The number of aryl methyl sites for hydroxylation is 1. The molecule has 0 amide bonds. The van der Waals surface area contributed by atoms with Gasteiger partial charge in [0.1, 0.15) is 13.2 Å². The number of hydrogen-bond acceptors (Lipinski definition) is 6. The minimum absolute atomic E-state index is 0.0841. The Morgan fingerprint density at radius 3 is 2.85 bits per heavy atom. The van der Waals surface area contributed by atoms with Crippen molar-refractivity contribution in [2.75, 3.05) is 20.3 Å². The zero-order valence-electron chi connectivity index (χ0n) is 11.5. The molecule has 0 aliphatic carbocycles. The second kappa shape index (κ2) is 5.76. The lowest BCUT2D eigenvalue weighted by atomic mass is 10.0. The Morgan fingerprint density at radius 1 is 1.30 bits per heavy atom. The summed E-state index contributed by atoms with van der Waals surface area (Å²) in [5.41, 5.74) is 2.18. The summed E-state index contributed by atoms with van der Waals surface area (Å²) >= 11 is 1.44. The van der Waals surface area contributed by atoms with Crippen LogP contribution in [-0.4, -0.2) is 29.8 Å². The van der Waals surface area contributed by atoms with Crippen LogP contribution in [0.15, 0.2) is 18.2 Å². The number of rotatable bonds is 4. The molecule has 0 spiro atoms. The van der Waals surface area contributed by atoms with Crippen molar-refractivity contribution in [3.63, 3.8) is 0 Å². The molecule has 0 fully saturated rings. The number of benzene rings is 1. The van der Waals surface area contributed by atoms with Crippen LogP contribution < -0.4 is 14.8 Å². The molecule has 1 N–H and O–H groups in total. The van der Waals surface area contributed by atoms with Crippen molar-refractivity contribution in [3.8, 4) is 11.5 Å². The van der Waals surface area contributed by atoms with Gasteiger partial charge in [-0.1, -0.05) is 17.5 Å². The highest BCUT2D eigenvalue weighted by atomic mass is 32.1. The second-order valence-electron chi connectivity index (χ2n) is 4.56. The summed E-state index contributed by atoms with van der Waals surface area (Å²) in [6.07, 6.45) is 0.883. The first-order valence-electron chi connectivity index (χ1n) is 6.71. The highest BCUT2D eigenvalue weighted by molar-refractivity contribution is 7.05. The topological polar surface area (TPSA) is 56.3 Å². The minimum Gasteiger partial charge on any atom is -0.486 e. The van der Waals surface area contributed by atoms with E-state index in [-0.39, 0.29) is 6.04 Å². The van der Waals surface area contributed by atoms with Gasteiger partial charge in [-0.05, 0) is 42.7 Å². The molecular formula is C14H17N3O2S. The summed E-state index contributed by atoms with van der Waals surface area (Å²) in [4.78, 5) is 1.16. The SMILES string of the molecule is CCc1nnsc1C(NC)c1ccc2c(c1)OCCO2. The van der Waals surface area contributed by atoms with Gasteiger partial charge in [-0.3, -0.25) is 0 Å². The number of nitrogens with one attached hydrogen (secondary N) is 1. The molecule has 5 nitrogen and oxygen atoms in total. The molecule has 6 heteroatoms. The summed E-state index contributed by atoms with van der Waals surface area (Å²) in [6.45, 7) is 3.31. The zero-order chi connectivity index (χ0) is 13.9. The molecule has 0 radical (unpaired) electrons. The van der Waals surface area contributed by atoms with Crippen LogP contribution in [0, 0.1) is 0 Å². The Labute approximate surface area is 122 Å². The first kappa shape index (κ1) is 13.3. The maximum Gasteiger partial charge on any atom is 0.161 e. The van der Waals surface area contributed by atoms with Gasteiger partial charge >= 0.3 is 0 Å². The van der Waals surface area contributed by atoms with E-state index in [1.165, 1.54) is 11.5 Å². The largest absolute Gasteiger partial charge is 0.486 e. The van der Waals surface area contributed by atoms with Crippen molar-refractivity contribution in [2.24, 2.45) is 0 Å². The van der Waals surface area contributed by atoms with E-state index in [4.69, 9.17) is 9.47 Å². The summed E-state index contributed by atoms with van der Waals surface area (Å²) < 4.78 is 15.3. The highest BCUT2D eigenvalue weighted by Crippen LogP contribution is 2.35. The van der Waals surface area contributed by atoms with Crippen molar-refractivity contribution in [3.05, 3.63) is 34.3 Å². The van der Waals surface area contributed by atoms with Gasteiger partial charge in [-0.25, -0.2) is 0 Å². The van der Waals surface area contributed by atoms with E-state index in [0.717, 1.165) is 34.1 Å². The van der Waals surface area contributed by atoms with Crippen molar-refractivity contribution in [1.29, 1.82) is 0 Å². The van der Waals surface area contributed by atoms with Crippen LogP contribution in [0.25, 0.3) is 0 Å². The lowest BCUT2D eigenvalue weighted by Crippen LogP contribution is -2.19. The van der Waals surface area contributed by atoms with Gasteiger partial charge < -0.3 is 14.8 Å². The van der Waals surface area contributed by atoms with E-state index < -0.39 is 0 Å². The monoisotopic (exact) mass is 291 g/mol. The van der Waals surface area contributed by atoms with Crippen LogP contribution in [0.5, 0.6) is 11.5 Å². The molecule has 3 rings (SSSR count). The molecule has 0 bridgehead atoms. The van der Waals surface area contributed by atoms with Gasteiger partial charge in [-0.15, -0.1) is 5.10 Å². The van der Waals surface area contributed by atoms with Crippen LogP contribution in [0.3, 0.4) is 0 Å². The van der Waals surface area contributed by atoms with Crippen molar-refractivity contribution in [1.82, 2.24) is 14.9 Å². The number of aromatic nitrogens is 2. The van der Waals surface area contributed by atoms with E-state index in [1.807, 2.05) is 19.2 Å². The van der Waals surface area contributed by atoms with Crippen LogP contribution >= 0.6 is 11.5 Å². The maximum atomic E-state index is 5.65. The molecule has 0 saturated heterocycles. The van der Waals surface area contributed by atoms with E-state index in [2.05, 4.69) is 27.9 Å². The summed E-state index contributed by atoms with van der Waals surface area (Å²) in [7, 11) is 1.95. The number of fused-ring (bicyclic) bond motifs is 1. The van der Waals surface area contributed by atoms with E-state index in [9.17, 15) is 0 Å². The van der Waals surface area contributed by atoms with Crippen molar-refractivity contribution in [2.45, 2.75) is 19.4 Å². The van der Waals surface area contributed by atoms with Gasteiger partial charge in [0.2, 0.25) is 0 Å². The molecule has 106 valence electrons. The average molecular weight is 291 g/mol. The fourth-order valence-electron chi connectivity index (χ4n) is 2.37. The molecule has 0 saturated carbocycles. The Morgan fingerprint density at radius 2 is 2.10 bits per heavy atom. The lowest BCUT2D eigenvalue weighted by molar-refractivity contribution is 0.171. The third-order valence-electron chi connectivity index (χ3n) is 3.37. The fourth-order valence-corrected chi connectivity index (χ4v) is 3.25. The molecule has 1 unspecified atom stereocenters. The average Bonchev–Trinajstić information content (AvgIpc) is 2.96. The molecule has 2 aromatic rings. The highest BCUT2D eigenvalue weighted by Gasteiger charge is 2.21. The van der Waals surface area contributed by atoms with Gasteiger partial charge in [0.15, 0.2) is 11.5 Å². The Balaban J connectivity index is 1.97. The van der Waals surface area contributed by atoms with Crippen LogP contribution in [0.2, 0.25) is 0 Å². The first-order valence-corrected chi connectivity index (χ1v) is 7.48. The number of nitrogens with zero attached hydrogens (tertiary/aromatic N) is 2. The van der Waals surface area contributed by atoms with Crippen LogP contribution in [-0.2, 0) is 6.42 Å². The number of ether oxygens (including phenoxy) is 2. The molecular weight excluding hydrogens is 274 g/mol. The smallest absolute Gasteiger partial charge is 0.161 e. The normalized spacial score (nSPS) is 15.1. The summed E-state index contributed by atoms with van der Waals surface area (Å²) in [5.74, 6) is 1.62. The molecule has 1 aliphatic rings. The standard InChI is InChI=1S/C14H17N3O2S/c1-3-10-14(20-17-16-10)13(15-2)9-4-5-11-12(8-9)19-7-6-18-11/h4-5,8,13,15H,3,6-7H2,1-2H3. The van der Waals surface area contributed by atoms with Gasteiger partial charge in [0, 0.05) is 0 Å². The first-order chi connectivity index (χ1) is 9.83. The minimum atomic E-state index is 0.0841. The second-order valence-corrected chi connectivity index (χ2v) is 5.35. The maximum absolute atomic E-state index is 5.65. The predicted molar refractivity (Wildman–Crippen MR) is 77.6 cm³/mol. The van der Waals surface area contributed by atoms with Crippen molar-refractivity contribution >= 4 is 11.5 Å². The van der Waals surface area contributed by atoms with E-state index in [1.54, 1.807) is 0 Å². The van der Waals surface area contributed by atoms with Crippen LogP contribution in [0.4, 0.5) is 0 Å². The van der Waals surface area contributed by atoms with E-state index in [0.29, 0.717) is 13.2 Å². The molecule has 20 heavy (non-hydrogen) atoms. The molecule has 1 atom stereocenters. The van der Waals surface area contributed by atoms with Crippen LogP contribution in [0.1, 0.15) is 29.1 Å². The Kier molecular flexibility index (Phi) is 3.84. The molecule has 1 aromatic carbocycles. The zero-order valence-corrected chi connectivity index (χ0v) is 12.4. The van der Waals surface area contributed by atoms with Gasteiger partial charge in [0.05, 0.1) is 16.6 Å². The van der Waals surface area contributed by atoms with Gasteiger partial charge in [0.25, 0.3) is 0 Å². The third-order valence-corrected chi connectivity index (χ3v) is 4.20. The fraction of sp³-hybridized carbons (Fsp3) is 0.429. The Hall–Kier alpha value is -1.66. The van der Waals surface area contributed by atoms with Crippen molar-refractivity contribution < 1.29 is 9.47 Å². The lowest BCUT2D eigenvalue weighted by Gasteiger charge is -2.21. The quantitative estimate of drug-likeness (QED) is 0.935. The van der Waals surface area contributed by atoms with Gasteiger partial charge in [-0.2, -0.15) is 0 Å². The summed E-state index contributed by atoms with van der Waals surface area (Å²) in [5, 5.41) is 7.53. The molecule has 1 aliphatic heterocycles. The predicted octanol–water partition coefficient (Wildman–Crippen LogP) is 2.18. The summed E-state index contributed by atoms with van der Waals surface area (Å²) in [6, 6.07) is 6.15. The third kappa shape index (κ3) is 2.36. The molecule has 1 aromatic heterocycles. The molecule has 2 heterocycles. The Bertz CT molecular complexity index is 600. The number of hydrogen-bond donors (Lipinski definition) is 1.